The second-order valence-electron chi connectivity index (χ2n) is 3.91. The smallest absolute Gasteiger partial charge is 0.303 e. The van der Waals surface area contributed by atoms with Crippen LogP contribution in [0.5, 0.6) is 0 Å². The first-order chi connectivity index (χ1) is 8.63. The van der Waals surface area contributed by atoms with Gasteiger partial charge >= 0.3 is 5.97 Å². The van der Waals surface area contributed by atoms with E-state index in [1.807, 2.05) is 12.3 Å². The third-order valence-electron chi connectivity index (χ3n) is 2.27. The predicted octanol–water partition coefficient (Wildman–Crippen LogP) is 1.83. The predicted molar refractivity (Wildman–Crippen MR) is 64.5 cm³/mol. The van der Waals surface area contributed by atoms with Crippen LogP contribution in [0, 0.1) is 6.92 Å². The van der Waals surface area contributed by atoms with Crippen LogP contribution in [-0.2, 0) is 17.6 Å². The summed E-state index contributed by atoms with van der Waals surface area (Å²) in [6.45, 7) is 1.94. The van der Waals surface area contributed by atoms with Crippen molar-refractivity contribution in [2.24, 2.45) is 0 Å². The third kappa shape index (κ3) is 3.63. The maximum atomic E-state index is 10.4. The molecule has 0 fully saturated rings. The average molecular weight is 267 g/mol. The topological polar surface area (TPSA) is 89.1 Å². The van der Waals surface area contributed by atoms with Gasteiger partial charge in [-0.1, -0.05) is 5.16 Å². The van der Waals surface area contributed by atoms with Crippen LogP contribution in [0.4, 0.5) is 0 Å². The summed E-state index contributed by atoms with van der Waals surface area (Å²) in [4.78, 5) is 18.9. The van der Waals surface area contributed by atoms with E-state index in [-0.39, 0.29) is 6.42 Å². The number of carboxylic acids is 1. The van der Waals surface area contributed by atoms with Crippen LogP contribution in [-0.4, -0.2) is 26.2 Å². The standard InChI is InChI=1S/C11H13N3O3S/c1-7-6-18-10(12-7)5-8-13-9(17-14-8)3-2-4-11(15)16/h6H,2-5H2,1H3,(H,15,16). The normalized spacial score (nSPS) is 10.7. The maximum absolute atomic E-state index is 10.4. The molecule has 0 atom stereocenters. The van der Waals surface area contributed by atoms with Crippen LogP contribution in [0.15, 0.2) is 9.90 Å². The van der Waals surface area contributed by atoms with Crippen molar-refractivity contribution in [3.63, 3.8) is 0 Å². The summed E-state index contributed by atoms with van der Waals surface area (Å²) < 4.78 is 5.05. The number of rotatable bonds is 6. The fraction of sp³-hybridized carbons (Fsp3) is 0.455. The first kappa shape index (κ1) is 12.7. The molecule has 0 saturated carbocycles. The number of carboxylic acid groups (broad SMARTS) is 1. The quantitative estimate of drug-likeness (QED) is 0.858. The lowest BCUT2D eigenvalue weighted by Gasteiger charge is -1.90. The molecule has 0 unspecified atom stereocenters. The molecule has 0 bridgehead atoms. The van der Waals surface area contributed by atoms with E-state index in [1.54, 1.807) is 11.3 Å². The minimum atomic E-state index is -0.812. The fourth-order valence-electron chi connectivity index (χ4n) is 1.47. The van der Waals surface area contributed by atoms with Gasteiger partial charge in [-0.05, 0) is 13.3 Å². The molecule has 1 N–H and O–H groups in total. The fourth-order valence-corrected chi connectivity index (χ4v) is 2.24. The van der Waals surface area contributed by atoms with Crippen LogP contribution < -0.4 is 0 Å². The highest BCUT2D eigenvalue weighted by molar-refractivity contribution is 7.09. The highest BCUT2D eigenvalue weighted by Gasteiger charge is 2.09. The van der Waals surface area contributed by atoms with Gasteiger partial charge in [-0.2, -0.15) is 4.98 Å². The van der Waals surface area contributed by atoms with Gasteiger partial charge in [-0.3, -0.25) is 4.79 Å². The van der Waals surface area contributed by atoms with Crippen LogP contribution in [0.1, 0.15) is 35.3 Å². The summed E-state index contributed by atoms with van der Waals surface area (Å²) in [6, 6.07) is 0. The number of carbonyl (C=O) groups is 1. The van der Waals surface area contributed by atoms with Gasteiger partial charge in [0.15, 0.2) is 5.82 Å². The molecule has 6 nitrogen and oxygen atoms in total. The molecule has 2 aromatic rings. The molecule has 0 amide bonds. The highest BCUT2D eigenvalue weighted by atomic mass is 32.1. The van der Waals surface area contributed by atoms with E-state index in [4.69, 9.17) is 9.63 Å². The van der Waals surface area contributed by atoms with Gasteiger partial charge in [0.2, 0.25) is 5.89 Å². The van der Waals surface area contributed by atoms with E-state index < -0.39 is 5.97 Å². The molecule has 0 radical (unpaired) electrons. The van der Waals surface area contributed by atoms with E-state index in [0.29, 0.717) is 31.0 Å². The molecule has 0 aliphatic heterocycles. The highest BCUT2D eigenvalue weighted by Crippen LogP contribution is 2.13. The van der Waals surface area contributed by atoms with Crippen molar-refractivity contribution in [2.75, 3.05) is 0 Å². The molecule has 2 rings (SSSR count). The van der Waals surface area contributed by atoms with Gasteiger partial charge in [0.05, 0.1) is 6.42 Å². The van der Waals surface area contributed by atoms with Gasteiger partial charge in [0.25, 0.3) is 0 Å². The van der Waals surface area contributed by atoms with Gasteiger partial charge in [0.1, 0.15) is 5.01 Å². The van der Waals surface area contributed by atoms with Crippen LogP contribution in [0.3, 0.4) is 0 Å². The Morgan fingerprint density at radius 3 is 3.00 bits per heavy atom. The number of hydrogen-bond acceptors (Lipinski definition) is 6. The number of thiazole rings is 1. The van der Waals surface area contributed by atoms with Gasteiger partial charge < -0.3 is 9.63 Å². The lowest BCUT2D eigenvalue weighted by atomic mass is 10.2. The number of nitrogens with zero attached hydrogens (tertiary/aromatic N) is 3. The van der Waals surface area contributed by atoms with Crippen molar-refractivity contribution in [1.82, 2.24) is 15.1 Å². The Morgan fingerprint density at radius 2 is 2.33 bits per heavy atom. The summed E-state index contributed by atoms with van der Waals surface area (Å²) in [6.07, 6.45) is 1.67. The Morgan fingerprint density at radius 1 is 1.50 bits per heavy atom. The average Bonchev–Trinajstić information content (AvgIpc) is 2.89. The van der Waals surface area contributed by atoms with Crippen molar-refractivity contribution in [2.45, 2.75) is 32.6 Å². The van der Waals surface area contributed by atoms with Gasteiger partial charge in [0, 0.05) is 23.9 Å². The number of aromatic nitrogens is 3. The van der Waals surface area contributed by atoms with Crippen molar-refractivity contribution in [3.05, 3.63) is 27.8 Å². The van der Waals surface area contributed by atoms with Crippen LogP contribution >= 0.6 is 11.3 Å². The monoisotopic (exact) mass is 267 g/mol. The maximum Gasteiger partial charge on any atom is 0.303 e. The summed E-state index contributed by atoms with van der Waals surface area (Å²) in [7, 11) is 0. The minimum Gasteiger partial charge on any atom is -0.481 e. The molecular weight excluding hydrogens is 254 g/mol. The van der Waals surface area contributed by atoms with Crippen LogP contribution in [0.2, 0.25) is 0 Å². The summed E-state index contributed by atoms with van der Waals surface area (Å²) in [5.74, 6) is 0.266. The zero-order valence-corrected chi connectivity index (χ0v) is 10.7. The molecule has 7 heteroatoms. The van der Waals surface area contributed by atoms with Gasteiger partial charge in [-0.15, -0.1) is 11.3 Å². The second kappa shape index (κ2) is 5.72. The molecule has 96 valence electrons. The van der Waals surface area contributed by atoms with Crippen molar-refractivity contribution < 1.29 is 14.4 Å². The number of aliphatic carboxylic acids is 1. The van der Waals surface area contributed by atoms with Crippen LogP contribution in [0.25, 0.3) is 0 Å². The first-order valence-electron chi connectivity index (χ1n) is 5.58. The summed E-state index contributed by atoms with van der Waals surface area (Å²) in [5, 5.41) is 15.3. The minimum absolute atomic E-state index is 0.114. The molecule has 0 spiro atoms. The molecule has 0 aliphatic carbocycles. The summed E-state index contributed by atoms with van der Waals surface area (Å²) >= 11 is 1.56. The number of hydrogen-bond donors (Lipinski definition) is 1. The van der Waals surface area contributed by atoms with E-state index in [0.717, 1.165) is 10.7 Å². The zero-order chi connectivity index (χ0) is 13.0. The lowest BCUT2D eigenvalue weighted by molar-refractivity contribution is -0.137. The Labute approximate surface area is 108 Å². The Kier molecular flexibility index (Phi) is 4.03. The third-order valence-corrected chi connectivity index (χ3v) is 3.23. The SMILES string of the molecule is Cc1csc(Cc2noc(CCCC(=O)O)n2)n1. The Balaban J connectivity index is 1.88. The van der Waals surface area contributed by atoms with E-state index in [9.17, 15) is 4.79 Å². The molecule has 18 heavy (non-hydrogen) atoms. The van der Waals surface area contributed by atoms with E-state index in [2.05, 4.69) is 15.1 Å². The van der Waals surface area contributed by atoms with Crippen molar-refractivity contribution >= 4 is 17.3 Å². The van der Waals surface area contributed by atoms with E-state index >= 15 is 0 Å². The number of aryl methyl sites for hydroxylation is 2. The van der Waals surface area contributed by atoms with Gasteiger partial charge in [-0.25, -0.2) is 4.98 Å². The molecule has 2 heterocycles. The largest absolute Gasteiger partial charge is 0.481 e. The van der Waals surface area contributed by atoms with E-state index in [1.165, 1.54) is 0 Å². The Hall–Kier alpha value is -1.76. The lowest BCUT2D eigenvalue weighted by Crippen LogP contribution is -1.96. The zero-order valence-electron chi connectivity index (χ0n) is 9.92. The molecule has 2 aromatic heterocycles. The molecule has 0 saturated heterocycles. The van der Waals surface area contributed by atoms with Crippen molar-refractivity contribution in [3.8, 4) is 0 Å². The molecule has 0 aromatic carbocycles. The second-order valence-corrected chi connectivity index (χ2v) is 4.85. The Bertz CT molecular complexity index is 535. The first-order valence-corrected chi connectivity index (χ1v) is 6.45. The van der Waals surface area contributed by atoms with Crippen molar-refractivity contribution in [1.29, 1.82) is 0 Å². The molecule has 0 aliphatic rings. The summed E-state index contributed by atoms with van der Waals surface area (Å²) in [5.41, 5.74) is 0.986. The molecular formula is C11H13N3O3S.